The molecule has 2 N–H and O–H groups in total. The van der Waals surface area contributed by atoms with Gasteiger partial charge in [0.05, 0.1) is 15.2 Å². The van der Waals surface area contributed by atoms with E-state index in [1.807, 2.05) is 24.3 Å². The topological polar surface area (TPSA) is 110 Å². The number of furan rings is 1. The smallest absolute Gasteiger partial charge is 0.287 e. The number of hydrogen-bond donors (Lipinski definition) is 2. The molecule has 2 heterocycles. The minimum absolute atomic E-state index is 0.0700. The van der Waals surface area contributed by atoms with Gasteiger partial charge in [-0.15, -0.1) is 0 Å². The molecule has 0 unspecified atom stereocenters. The Morgan fingerprint density at radius 1 is 1.07 bits per heavy atom. The number of carbonyl (C=O) groups is 1. The fourth-order valence-corrected chi connectivity index (χ4v) is 3.80. The number of benzene rings is 2. The Kier molecular flexibility index (Phi) is 5.71. The second-order valence-corrected chi connectivity index (χ2v) is 7.31. The summed E-state index contributed by atoms with van der Waals surface area (Å²) >= 11 is 1.45. The Morgan fingerprint density at radius 3 is 2.73 bits per heavy atom. The SMILES string of the molecule is O=C(NCCCNc1nsc2ccccc12)c1ccc(-c2ccccc2[N+](=O)[O-])o1. The molecule has 2 aromatic heterocycles. The number of amides is 1. The van der Waals surface area contributed by atoms with Crippen LogP contribution in [0.4, 0.5) is 11.5 Å². The average molecular weight is 422 g/mol. The van der Waals surface area contributed by atoms with E-state index in [-0.39, 0.29) is 23.1 Å². The van der Waals surface area contributed by atoms with Crippen LogP contribution in [0.3, 0.4) is 0 Å². The van der Waals surface area contributed by atoms with E-state index < -0.39 is 4.92 Å². The highest BCUT2D eigenvalue weighted by Gasteiger charge is 2.19. The number of anilines is 1. The molecule has 0 radical (unpaired) electrons. The lowest BCUT2D eigenvalue weighted by atomic mass is 10.1. The zero-order valence-electron chi connectivity index (χ0n) is 15.8. The molecule has 4 rings (SSSR count). The van der Waals surface area contributed by atoms with Crippen molar-refractivity contribution in [1.82, 2.24) is 9.69 Å². The van der Waals surface area contributed by atoms with E-state index in [2.05, 4.69) is 15.0 Å². The minimum Gasteiger partial charge on any atom is -0.451 e. The van der Waals surface area contributed by atoms with Gasteiger partial charge in [0.15, 0.2) is 5.76 Å². The monoisotopic (exact) mass is 422 g/mol. The first-order valence-electron chi connectivity index (χ1n) is 9.33. The van der Waals surface area contributed by atoms with Crippen LogP contribution in [0.1, 0.15) is 17.0 Å². The van der Waals surface area contributed by atoms with Gasteiger partial charge in [-0.1, -0.05) is 24.3 Å². The van der Waals surface area contributed by atoms with Gasteiger partial charge in [0.1, 0.15) is 11.6 Å². The number of nitrogens with one attached hydrogen (secondary N) is 2. The summed E-state index contributed by atoms with van der Waals surface area (Å²) in [6, 6.07) is 17.3. The minimum atomic E-state index is -0.476. The van der Waals surface area contributed by atoms with E-state index >= 15 is 0 Å². The lowest BCUT2D eigenvalue weighted by Crippen LogP contribution is -2.25. The fraction of sp³-hybridized carbons (Fsp3) is 0.143. The molecule has 1 amide bonds. The molecule has 0 fully saturated rings. The summed E-state index contributed by atoms with van der Waals surface area (Å²) in [5, 5.41) is 18.3. The predicted octanol–water partition coefficient (Wildman–Crippen LogP) is 4.70. The van der Waals surface area contributed by atoms with Crippen LogP contribution < -0.4 is 10.6 Å². The van der Waals surface area contributed by atoms with E-state index in [1.54, 1.807) is 24.3 Å². The van der Waals surface area contributed by atoms with Crippen LogP contribution >= 0.6 is 11.5 Å². The Labute approximate surface area is 175 Å². The van der Waals surface area contributed by atoms with E-state index in [4.69, 9.17) is 4.42 Å². The maximum absolute atomic E-state index is 12.3. The molecule has 4 aromatic rings. The molecule has 30 heavy (non-hydrogen) atoms. The number of para-hydroxylation sites is 1. The summed E-state index contributed by atoms with van der Waals surface area (Å²) in [4.78, 5) is 23.0. The number of hydrogen-bond acceptors (Lipinski definition) is 7. The number of fused-ring (bicyclic) bond motifs is 1. The zero-order valence-corrected chi connectivity index (χ0v) is 16.6. The quantitative estimate of drug-likeness (QED) is 0.242. The Bertz CT molecular complexity index is 1200. The predicted molar refractivity (Wildman–Crippen MR) is 116 cm³/mol. The van der Waals surface area contributed by atoms with Crippen LogP contribution in [-0.2, 0) is 0 Å². The maximum atomic E-state index is 12.3. The molecular weight excluding hydrogens is 404 g/mol. The van der Waals surface area contributed by atoms with Crippen molar-refractivity contribution < 1.29 is 14.1 Å². The Balaban J connectivity index is 1.29. The van der Waals surface area contributed by atoms with Crippen molar-refractivity contribution >= 4 is 39.0 Å². The highest BCUT2D eigenvalue weighted by atomic mass is 32.1. The molecule has 8 nitrogen and oxygen atoms in total. The van der Waals surface area contributed by atoms with Gasteiger partial charge < -0.3 is 15.1 Å². The van der Waals surface area contributed by atoms with E-state index in [0.717, 1.165) is 15.9 Å². The average Bonchev–Trinajstić information content (AvgIpc) is 3.41. The highest BCUT2D eigenvalue weighted by molar-refractivity contribution is 7.13. The highest BCUT2D eigenvalue weighted by Crippen LogP contribution is 2.30. The third-order valence-corrected chi connectivity index (χ3v) is 5.33. The van der Waals surface area contributed by atoms with Crippen molar-refractivity contribution in [2.24, 2.45) is 0 Å². The summed E-state index contributed by atoms with van der Waals surface area (Å²) in [5.74, 6) is 0.882. The van der Waals surface area contributed by atoms with Gasteiger partial charge >= 0.3 is 0 Å². The Hall–Kier alpha value is -3.72. The van der Waals surface area contributed by atoms with Gasteiger partial charge in [0.2, 0.25) is 0 Å². The third-order valence-electron chi connectivity index (χ3n) is 4.51. The number of aromatic nitrogens is 1. The summed E-state index contributed by atoms with van der Waals surface area (Å²) < 4.78 is 11.1. The van der Waals surface area contributed by atoms with E-state index in [9.17, 15) is 14.9 Å². The molecule has 0 aliphatic carbocycles. The summed E-state index contributed by atoms with van der Waals surface area (Å²) in [5.41, 5.74) is 0.265. The zero-order chi connectivity index (χ0) is 20.9. The first-order valence-corrected chi connectivity index (χ1v) is 10.1. The largest absolute Gasteiger partial charge is 0.451 e. The van der Waals surface area contributed by atoms with Crippen molar-refractivity contribution in [3.8, 4) is 11.3 Å². The lowest BCUT2D eigenvalue weighted by molar-refractivity contribution is -0.384. The molecular formula is C21H18N4O4S. The van der Waals surface area contributed by atoms with Crippen LogP contribution in [0.5, 0.6) is 0 Å². The number of nitro benzene ring substituents is 1. The van der Waals surface area contributed by atoms with Crippen molar-refractivity contribution in [3.63, 3.8) is 0 Å². The van der Waals surface area contributed by atoms with Crippen LogP contribution in [0, 0.1) is 10.1 Å². The van der Waals surface area contributed by atoms with Crippen LogP contribution in [0.25, 0.3) is 21.4 Å². The molecule has 0 aliphatic rings. The summed E-state index contributed by atoms with van der Waals surface area (Å²) in [7, 11) is 0. The number of nitro groups is 1. The molecule has 0 saturated carbocycles. The molecule has 152 valence electrons. The first kappa shape index (κ1) is 19.6. The van der Waals surface area contributed by atoms with Crippen LogP contribution in [0.2, 0.25) is 0 Å². The number of nitrogens with zero attached hydrogens (tertiary/aromatic N) is 2. The molecule has 2 aromatic carbocycles. The molecule has 0 aliphatic heterocycles. The normalized spacial score (nSPS) is 10.8. The van der Waals surface area contributed by atoms with E-state index in [1.165, 1.54) is 23.7 Å². The second kappa shape index (κ2) is 8.75. The van der Waals surface area contributed by atoms with E-state index in [0.29, 0.717) is 25.1 Å². The Morgan fingerprint density at radius 2 is 1.87 bits per heavy atom. The van der Waals surface area contributed by atoms with Crippen molar-refractivity contribution in [1.29, 1.82) is 0 Å². The van der Waals surface area contributed by atoms with Crippen LogP contribution in [0.15, 0.2) is 65.1 Å². The van der Waals surface area contributed by atoms with Crippen molar-refractivity contribution in [2.45, 2.75) is 6.42 Å². The molecule has 0 bridgehead atoms. The fourth-order valence-electron chi connectivity index (χ4n) is 3.04. The standard InChI is InChI=1S/C21H18N4O4S/c26-21(18-11-10-17(29-18)14-6-1-3-8-16(14)25(27)28)23-13-5-12-22-20-15-7-2-4-9-19(15)30-24-20/h1-4,6-11H,5,12-13H2,(H,22,24)(H,23,26). The summed E-state index contributed by atoms with van der Waals surface area (Å²) in [6.07, 6.45) is 0.704. The number of carbonyl (C=O) groups excluding carboxylic acids is 1. The van der Waals surface area contributed by atoms with Crippen LogP contribution in [-0.4, -0.2) is 28.3 Å². The molecule has 0 saturated heterocycles. The number of rotatable bonds is 8. The first-order chi connectivity index (χ1) is 14.6. The molecule has 0 spiro atoms. The van der Waals surface area contributed by atoms with Gasteiger partial charge in [0.25, 0.3) is 11.6 Å². The molecule has 9 heteroatoms. The van der Waals surface area contributed by atoms with Crippen molar-refractivity contribution in [3.05, 3.63) is 76.5 Å². The maximum Gasteiger partial charge on any atom is 0.287 e. The second-order valence-electron chi connectivity index (χ2n) is 6.50. The van der Waals surface area contributed by atoms with Crippen molar-refractivity contribution in [2.75, 3.05) is 18.4 Å². The van der Waals surface area contributed by atoms with Gasteiger partial charge in [-0.05, 0) is 48.3 Å². The molecule has 0 atom stereocenters. The lowest BCUT2D eigenvalue weighted by Gasteiger charge is -2.05. The van der Waals surface area contributed by atoms with Gasteiger partial charge in [-0.3, -0.25) is 14.9 Å². The van der Waals surface area contributed by atoms with Gasteiger partial charge in [-0.25, -0.2) is 0 Å². The van der Waals surface area contributed by atoms with Gasteiger partial charge in [-0.2, -0.15) is 4.37 Å². The van der Waals surface area contributed by atoms with Gasteiger partial charge in [0, 0.05) is 24.5 Å². The summed E-state index contributed by atoms with van der Waals surface area (Å²) in [6.45, 7) is 1.11. The third kappa shape index (κ3) is 4.15.